The number of anilines is 4. The molecule has 9 nitrogen and oxygen atoms in total. The second-order valence-corrected chi connectivity index (χ2v) is 8.97. The maximum atomic E-state index is 13.5. The zero-order chi connectivity index (χ0) is 25.4. The molecule has 0 spiro atoms. The average molecular weight is 486 g/mol. The van der Waals surface area contributed by atoms with E-state index in [2.05, 4.69) is 16.5 Å². The van der Waals surface area contributed by atoms with E-state index in [1.165, 1.54) is 10.8 Å². The molecular weight excluding hydrogens is 458 g/mol. The van der Waals surface area contributed by atoms with Gasteiger partial charge in [0, 0.05) is 62.3 Å². The van der Waals surface area contributed by atoms with E-state index in [4.69, 9.17) is 4.52 Å². The van der Waals surface area contributed by atoms with Crippen molar-refractivity contribution in [3.63, 3.8) is 0 Å². The molecule has 0 unspecified atom stereocenters. The van der Waals surface area contributed by atoms with Gasteiger partial charge in [0.2, 0.25) is 0 Å². The van der Waals surface area contributed by atoms with Gasteiger partial charge in [0.25, 0.3) is 11.5 Å². The van der Waals surface area contributed by atoms with E-state index in [-0.39, 0.29) is 18.1 Å². The van der Waals surface area contributed by atoms with Gasteiger partial charge in [-0.15, -0.1) is 0 Å². The van der Waals surface area contributed by atoms with E-state index in [9.17, 15) is 14.7 Å². The fourth-order valence-corrected chi connectivity index (χ4v) is 4.61. The van der Waals surface area contributed by atoms with Crippen LogP contribution in [0.4, 0.5) is 22.9 Å². The van der Waals surface area contributed by atoms with Crippen LogP contribution in [-0.4, -0.2) is 41.4 Å². The van der Waals surface area contributed by atoms with Gasteiger partial charge in [-0.05, 0) is 47.9 Å². The van der Waals surface area contributed by atoms with Gasteiger partial charge in [-0.2, -0.15) is 0 Å². The van der Waals surface area contributed by atoms with E-state index in [0.29, 0.717) is 41.3 Å². The molecule has 1 amide bonds. The molecule has 0 saturated carbocycles. The first-order valence-corrected chi connectivity index (χ1v) is 11.6. The number of hydrogen-bond acceptors (Lipinski definition) is 7. The summed E-state index contributed by atoms with van der Waals surface area (Å²) in [5.41, 5.74) is 5.55. The average Bonchev–Trinajstić information content (AvgIpc) is 3.39. The monoisotopic (exact) mass is 485 g/mol. The predicted molar refractivity (Wildman–Crippen MR) is 139 cm³/mol. The number of aromatic nitrogens is 2. The van der Waals surface area contributed by atoms with Crippen molar-refractivity contribution in [1.29, 1.82) is 0 Å². The van der Waals surface area contributed by atoms with Gasteiger partial charge in [-0.3, -0.25) is 9.59 Å². The van der Waals surface area contributed by atoms with Crippen molar-refractivity contribution in [2.75, 3.05) is 35.8 Å². The third kappa shape index (κ3) is 4.14. The Kier molecular flexibility index (Phi) is 6.07. The van der Waals surface area contributed by atoms with E-state index < -0.39 is 0 Å². The van der Waals surface area contributed by atoms with Crippen molar-refractivity contribution in [3.05, 3.63) is 88.0 Å². The van der Waals surface area contributed by atoms with Crippen LogP contribution >= 0.6 is 0 Å². The Morgan fingerprint density at radius 1 is 1.11 bits per heavy atom. The molecule has 1 aliphatic rings. The number of benzene rings is 2. The molecule has 9 heteroatoms. The second-order valence-electron chi connectivity index (χ2n) is 8.97. The Morgan fingerprint density at radius 2 is 1.94 bits per heavy atom. The first kappa shape index (κ1) is 23.4. The lowest BCUT2D eigenvalue weighted by Crippen LogP contribution is -2.38. The van der Waals surface area contributed by atoms with Gasteiger partial charge < -0.3 is 29.3 Å². The van der Waals surface area contributed by atoms with Crippen LogP contribution in [0.1, 0.15) is 21.5 Å². The number of nitrogens with zero attached hydrogens (tertiary/aromatic N) is 4. The number of nitrogens with one attached hydrogen (secondary N) is 1. The molecule has 2 aromatic carbocycles. The standard InChI is InChI=1S/C27H27N5O4/c1-30(2)19-7-8-21-17(13-19)9-11-32(26(21)34)24-6-4-5-20(22(24)16-33)18-14-23(27(35)31(3)15-18)28-25-10-12-36-29-25/h4-8,10,12-15,33H,9,11,16H2,1-3H3,(H,28,29). The number of amides is 1. The molecule has 3 heterocycles. The van der Waals surface area contributed by atoms with Crippen LogP contribution in [0.3, 0.4) is 0 Å². The quantitative estimate of drug-likeness (QED) is 0.430. The van der Waals surface area contributed by atoms with Gasteiger partial charge in [-0.1, -0.05) is 17.3 Å². The summed E-state index contributed by atoms with van der Waals surface area (Å²) in [6, 6.07) is 14.8. The Morgan fingerprint density at radius 3 is 2.67 bits per heavy atom. The topological polar surface area (TPSA) is 104 Å². The SMILES string of the molecule is CN(C)c1ccc2c(c1)CCN(c1cccc(-c3cc(Nc4ccon4)c(=O)n(C)c3)c1CO)C2=O. The predicted octanol–water partition coefficient (Wildman–Crippen LogP) is 3.55. The molecule has 4 aromatic rings. The van der Waals surface area contributed by atoms with Crippen LogP contribution in [0.25, 0.3) is 11.1 Å². The lowest BCUT2D eigenvalue weighted by Gasteiger charge is -2.31. The molecule has 0 radical (unpaired) electrons. The van der Waals surface area contributed by atoms with Crippen molar-refractivity contribution in [1.82, 2.24) is 9.72 Å². The Bertz CT molecular complexity index is 1490. The molecular formula is C27H27N5O4. The van der Waals surface area contributed by atoms with Crippen molar-refractivity contribution in [2.24, 2.45) is 7.05 Å². The van der Waals surface area contributed by atoms with Crippen molar-refractivity contribution < 1.29 is 14.4 Å². The Hall–Kier alpha value is -4.37. The maximum Gasteiger partial charge on any atom is 0.274 e. The Balaban J connectivity index is 1.55. The minimum Gasteiger partial charge on any atom is -0.392 e. The number of aliphatic hydroxyl groups excluding tert-OH is 1. The third-order valence-corrected chi connectivity index (χ3v) is 6.48. The van der Waals surface area contributed by atoms with Crippen LogP contribution in [0.2, 0.25) is 0 Å². The zero-order valence-electron chi connectivity index (χ0n) is 20.4. The number of hydrogen-bond donors (Lipinski definition) is 2. The van der Waals surface area contributed by atoms with Gasteiger partial charge in [0.1, 0.15) is 12.0 Å². The minimum atomic E-state index is -0.267. The molecule has 0 saturated heterocycles. The lowest BCUT2D eigenvalue weighted by atomic mass is 9.94. The molecule has 0 aliphatic carbocycles. The van der Waals surface area contributed by atoms with E-state index in [0.717, 1.165) is 22.4 Å². The number of carbonyl (C=O) groups is 1. The molecule has 2 N–H and O–H groups in total. The smallest absolute Gasteiger partial charge is 0.274 e. The summed E-state index contributed by atoms with van der Waals surface area (Å²) in [6.07, 6.45) is 3.84. The highest BCUT2D eigenvalue weighted by Crippen LogP contribution is 2.35. The van der Waals surface area contributed by atoms with Crippen LogP contribution in [0.15, 0.2) is 70.3 Å². The number of carbonyl (C=O) groups excluding carboxylic acids is 1. The summed E-state index contributed by atoms with van der Waals surface area (Å²) in [7, 11) is 5.61. The first-order valence-electron chi connectivity index (χ1n) is 11.6. The summed E-state index contributed by atoms with van der Waals surface area (Å²) >= 11 is 0. The van der Waals surface area contributed by atoms with Gasteiger partial charge >= 0.3 is 0 Å². The molecule has 5 rings (SSSR count). The Labute approximate surface area is 208 Å². The molecule has 0 atom stereocenters. The van der Waals surface area contributed by atoms with Crippen molar-refractivity contribution in [3.8, 4) is 11.1 Å². The summed E-state index contributed by atoms with van der Waals surface area (Å²) in [5, 5.41) is 17.2. The number of rotatable bonds is 6. The largest absolute Gasteiger partial charge is 0.392 e. The molecule has 2 aromatic heterocycles. The molecule has 36 heavy (non-hydrogen) atoms. The summed E-state index contributed by atoms with van der Waals surface area (Å²) in [4.78, 5) is 30.0. The minimum absolute atomic E-state index is 0.0951. The van der Waals surface area contributed by atoms with Gasteiger partial charge in [0.15, 0.2) is 5.82 Å². The fraction of sp³-hybridized carbons (Fsp3) is 0.222. The van der Waals surface area contributed by atoms with E-state index >= 15 is 0 Å². The number of aliphatic hydroxyl groups is 1. The lowest BCUT2D eigenvalue weighted by molar-refractivity contribution is 0.0980. The molecule has 0 bridgehead atoms. The van der Waals surface area contributed by atoms with Gasteiger partial charge in [0.05, 0.1) is 12.3 Å². The van der Waals surface area contributed by atoms with Crippen LogP contribution in [-0.2, 0) is 20.1 Å². The normalized spacial score (nSPS) is 13.0. The van der Waals surface area contributed by atoms with Crippen molar-refractivity contribution in [2.45, 2.75) is 13.0 Å². The first-order chi connectivity index (χ1) is 17.4. The van der Waals surface area contributed by atoms with Crippen molar-refractivity contribution >= 4 is 28.8 Å². The highest BCUT2D eigenvalue weighted by atomic mass is 16.5. The van der Waals surface area contributed by atoms with E-state index in [1.54, 1.807) is 30.3 Å². The fourth-order valence-electron chi connectivity index (χ4n) is 4.61. The number of pyridine rings is 1. The van der Waals surface area contributed by atoms with Crippen LogP contribution < -0.4 is 20.7 Å². The maximum absolute atomic E-state index is 13.5. The number of fused-ring (bicyclic) bond motifs is 1. The zero-order valence-corrected chi connectivity index (χ0v) is 20.4. The summed E-state index contributed by atoms with van der Waals surface area (Å²) in [5.74, 6) is 0.317. The van der Waals surface area contributed by atoms with Crippen LogP contribution in [0, 0.1) is 0 Å². The molecule has 0 fully saturated rings. The molecule has 184 valence electrons. The number of aryl methyl sites for hydroxylation is 1. The van der Waals surface area contributed by atoms with Gasteiger partial charge in [-0.25, -0.2) is 0 Å². The molecule has 1 aliphatic heterocycles. The highest BCUT2D eigenvalue weighted by molar-refractivity contribution is 6.09. The highest BCUT2D eigenvalue weighted by Gasteiger charge is 2.28. The summed E-state index contributed by atoms with van der Waals surface area (Å²) < 4.78 is 6.32. The third-order valence-electron chi connectivity index (χ3n) is 6.48. The second kappa shape index (κ2) is 9.35. The van der Waals surface area contributed by atoms with Crippen LogP contribution in [0.5, 0.6) is 0 Å². The van der Waals surface area contributed by atoms with E-state index in [1.807, 2.05) is 49.3 Å². The summed E-state index contributed by atoms with van der Waals surface area (Å²) in [6.45, 7) is 0.238.